The first-order chi connectivity index (χ1) is 7.63. The summed E-state index contributed by atoms with van der Waals surface area (Å²) in [5.74, 6) is 0.475. The van der Waals surface area contributed by atoms with Crippen LogP contribution in [-0.2, 0) is 11.3 Å². The number of rotatable bonds is 5. The molecule has 0 aliphatic heterocycles. The lowest BCUT2D eigenvalue weighted by Crippen LogP contribution is -2.21. The molecule has 4 heteroatoms. The molecule has 1 unspecified atom stereocenters. The third-order valence-electron chi connectivity index (χ3n) is 2.08. The van der Waals surface area contributed by atoms with Gasteiger partial charge in [-0.15, -0.1) is 0 Å². The van der Waals surface area contributed by atoms with Crippen LogP contribution in [0.2, 0.25) is 0 Å². The summed E-state index contributed by atoms with van der Waals surface area (Å²) in [5, 5.41) is 13.6. The van der Waals surface area contributed by atoms with Gasteiger partial charge in [-0.05, 0) is 11.5 Å². The molecule has 0 aliphatic rings. The van der Waals surface area contributed by atoms with Crippen LogP contribution in [0.1, 0.15) is 39.2 Å². The van der Waals surface area contributed by atoms with E-state index in [-0.39, 0.29) is 0 Å². The maximum atomic E-state index is 9.46. The zero-order valence-electron chi connectivity index (χ0n) is 11.0. The standard InChI is InChI=1S/C10H18N2O2.C2H6/c1-8(2)9-4-11-12(5-9)6-10(13)7-14-3;1-2/h4-5,8,10,13H,6-7H2,1-3H3;1-2H3. The Hall–Kier alpha value is -0.870. The molecule has 0 bridgehead atoms. The highest BCUT2D eigenvalue weighted by molar-refractivity contribution is 5.08. The number of ether oxygens (including phenoxy) is 1. The second-order valence-electron chi connectivity index (χ2n) is 3.76. The van der Waals surface area contributed by atoms with Crippen molar-refractivity contribution in [2.24, 2.45) is 0 Å². The van der Waals surface area contributed by atoms with E-state index in [1.807, 2.05) is 26.2 Å². The van der Waals surface area contributed by atoms with Crippen LogP contribution < -0.4 is 0 Å². The molecule has 0 amide bonds. The van der Waals surface area contributed by atoms with E-state index >= 15 is 0 Å². The molecular weight excluding hydrogens is 204 g/mol. The molecule has 0 saturated carbocycles. The van der Waals surface area contributed by atoms with Crippen LogP contribution in [0.4, 0.5) is 0 Å². The minimum atomic E-state index is -0.486. The Labute approximate surface area is 98.2 Å². The molecule has 0 aromatic carbocycles. The van der Waals surface area contributed by atoms with Crippen LogP contribution in [0.15, 0.2) is 12.4 Å². The fourth-order valence-corrected chi connectivity index (χ4v) is 1.24. The van der Waals surface area contributed by atoms with Crippen molar-refractivity contribution in [1.29, 1.82) is 0 Å². The molecule has 1 rings (SSSR count). The number of hydrogen-bond donors (Lipinski definition) is 1. The number of aliphatic hydroxyl groups is 1. The maximum absolute atomic E-state index is 9.46. The van der Waals surface area contributed by atoms with E-state index in [1.165, 1.54) is 5.56 Å². The molecule has 1 aromatic heterocycles. The third kappa shape index (κ3) is 5.28. The monoisotopic (exact) mass is 228 g/mol. The lowest BCUT2D eigenvalue weighted by molar-refractivity contribution is 0.0514. The van der Waals surface area contributed by atoms with Crippen LogP contribution >= 0.6 is 0 Å². The average molecular weight is 228 g/mol. The van der Waals surface area contributed by atoms with Crippen molar-refractivity contribution < 1.29 is 9.84 Å². The van der Waals surface area contributed by atoms with Crippen LogP contribution in [0.25, 0.3) is 0 Å². The molecule has 1 aromatic rings. The quantitative estimate of drug-likeness (QED) is 0.839. The maximum Gasteiger partial charge on any atom is 0.0968 e. The molecule has 1 heterocycles. The summed E-state index contributed by atoms with van der Waals surface area (Å²) >= 11 is 0. The second-order valence-corrected chi connectivity index (χ2v) is 3.76. The van der Waals surface area contributed by atoms with Gasteiger partial charge in [-0.3, -0.25) is 4.68 Å². The number of aromatic nitrogens is 2. The van der Waals surface area contributed by atoms with Gasteiger partial charge in [0.1, 0.15) is 0 Å². The topological polar surface area (TPSA) is 47.3 Å². The van der Waals surface area contributed by atoms with Crippen molar-refractivity contribution in [3.63, 3.8) is 0 Å². The Morgan fingerprint density at radius 3 is 2.50 bits per heavy atom. The number of methoxy groups -OCH3 is 1. The van der Waals surface area contributed by atoms with Gasteiger partial charge in [0.15, 0.2) is 0 Å². The van der Waals surface area contributed by atoms with Crippen LogP contribution in [0.3, 0.4) is 0 Å². The van der Waals surface area contributed by atoms with Crippen molar-refractivity contribution in [2.75, 3.05) is 13.7 Å². The third-order valence-corrected chi connectivity index (χ3v) is 2.08. The van der Waals surface area contributed by atoms with Gasteiger partial charge < -0.3 is 9.84 Å². The predicted octanol–water partition coefficient (Wildman–Crippen LogP) is 2.04. The van der Waals surface area contributed by atoms with Gasteiger partial charge in [0.2, 0.25) is 0 Å². The van der Waals surface area contributed by atoms with E-state index in [2.05, 4.69) is 18.9 Å². The molecule has 0 spiro atoms. The average Bonchev–Trinajstić information content (AvgIpc) is 2.69. The second kappa shape index (κ2) is 8.30. The van der Waals surface area contributed by atoms with Crippen molar-refractivity contribution in [3.8, 4) is 0 Å². The summed E-state index contributed by atoms with van der Waals surface area (Å²) < 4.78 is 6.59. The normalized spacial score (nSPS) is 12.2. The van der Waals surface area contributed by atoms with Gasteiger partial charge in [0, 0.05) is 13.3 Å². The van der Waals surface area contributed by atoms with Crippen LogP contribution in [0, 0.1) is 0 Å². The summed E-state index contributed by atoms with van der Waals surface area (Å²) in [5.41, 5.74) is 1.19. The highest BCUT2D eigenvalue weighted by Crippen LogP contribution is 2.12. The van der Waals surface area contributed by atoms with E-state index in [0.29, 0.717) is 19.1 Å². The molecule has 16 heavy (non-hydrogen) atoms. The summed E-state index contributed by atoms with van der Waals surface area (Å²) in [6.45, 7) is 9.07. The van der Waals surface area contributed by atoms with Crippen molar-refractivity contribution in [3.05, 3.63) is 18.0 Å². The van der Waals surface area contributed by atoms with Crippen molar-refractivity contribution in [2.45, 2.75) is 46.3 Å². The largest absolute Gasteiger partial charge is 0.389 e. The first-order valence-corrected chi connectivity index (χ1v) is 5.82. The Balaban J connectivity index is 0.00000106. The summed E-state index contributed by atoms with van der Waals surface area (Å²) in [7, 11) is 1.58. The number of nitrogens with zero attached hydrogens (tertiary/aromatic N) is 2. The molecule has 0 aliphatic carbocycles. The molecule has 94 valence electrons. The lowest BCUT2D eigenvalue weighted by Gasteiger charge is -2.08. The molecule has 0 radical (unpaired) electrons. The zero-order chi connectivity index (χ0) is 12.6. The first kappa shape index (κ1) is 15.1. The van der Waals surface area contributed by atoms with Gasteiger partial charge in [-0.2, -0.15) is 5.10 Å². The molecule has 4 nitrogen and oxygen atoms in total. The fraction of sp³-hybridized carbons (Fsp3) is 0.750. The fourth-order valence-electron chi connectivity index (χ4n) is 1.24. The first-order valence-electron chi connectivity index (χ1n) is 5.82. The lowest BCUT2D eigenvalue weighted by atomic mass is 10.1. The summed E-state index contributed by atoms with van der Waals surface area (Å²) in [6.07, 6.45) is 3.31. The Morgan fingerprint density at radius 2 is 2.06 bits per heavy atom. The minimum absolute atomic E-state index is 0.344. The van der Waals surface area contributed by atoms with Gasteiger partial charge >= 0.3 is 0 Å². The number of hydrogen-bond acceptors (Lipinski definition) is 3. The minimum Gasteiger partial charge on any atom is -0.389 e. The SMILES string of the molecule is CC.COCC(O)Cn1cc(C(C)C)cn1. The Morgan fingerprint density at radius 1 is 1.44 bits per heavy atom. The Kier molecular flexibility index (Phi) is 7.85. The van der Waals surface area contributed by atoms with E-state index in [4.69, 9.17) is 4.74 Å². The van der Waals surface area contributed by atoms with E-state index in [9.17, 15) is 5.11 Å². The van der Waals surface area contributed by atoms with Crippen molar-refractivity contribution >= 4 is 0 Å². The van der Waals surface area contributed by atoms with Crippen LogP contribution in [0.5, 0.6) is 0 Å². The van der Waals surface area contributed by atoms with Gasteiger partial charge in [0.05, 0.1) is 25.5 Å². The molecule has 1 N–H and O–H groups in total. The highest BCUT2D eigenvalue weighted by atomic mass is 16.5. The molecular formula is C12H24N2O2. The van der Waals surface area contributed by atoms with E-state index < -0.39 is 6.10 Å². The molecule has 1 atom stereocenters. The summed E-state index contributed by atoms with van der Waals surface area (Å²) in [4.78, 5) is 0. The van der Waals surface area contributed by atoms with Gasteiger partial charge in [0.25, 0.3) is 0 Å². The van der Waals surface area contributed by atoms with Crippen molar-refractivity contribution in [1.82, 2.24) is 9.78 Å². The van der Waals surface area contributed by atoms with Crippen LogP contribution in [-0.4, -0.2) is 34.7 Å². The molecule has 0 fully saturated rings. The highest BCUT2D eigenvalue weighted by Gasteiger charge is 2.07. The Bertz CT molecular complexity index is 272. The van der Waals surface area contributed by atoms with Gasteiger partial charge in [-0.25, -0.2) is 0 Å². The van der Waals surface area contributed by atoms with E-state index in [0.717, 1.165) is 0 Å². The summed E-state index contributed by atoms with van der Waals surface area (Å²) in [6, 6.07) is 0. The smallest absolute Gasteiger partial charge is 0.0968 e. The van der Waals surface area contributed by atoms with Gasteiger partial charge in [-0.1, -0.05) is 27.7 Å². The molecule has 0 saturated heterocycles. The van der Waals surface area contributed by atoms with E-state index in [1.54, 1.807) is 11.8 Å². The zero-order valence-corrected chi connectivity index (χ0v) is 11.0. The predicted molar refractivity (Wildman–Crippen MR) is 65.5 cm³/mol. The number of aliphatic hydroxyl groups excluding tert-OH is 1.